The van der Waals surface area contributed by atoms with Gasteiger partial charge in [-0.3, -0.25) is 4.79 Å². The van der Waals surface area contributed by atoms with Gasteiger partial charge in [-0.15, -0.1) is 0 Å². The topological polar surface area (TPSA) is 50.5 Å². The van der Waals surface area contributed by atoms with Crippen LogP contribution in [0.15, 0.2) is 72.9 Å². The van der Waals surface area contributed by atoms with Gasteiger partial charge in [0.15, 0.2) is 5.65 Å². The van der Waals surface area contributed by atoms with Gasteiger partial charge in [-0.2, -0.15) is 5.10 Å². The summed E-state index contributed by atoms with van der Waals surface area (Å²) in [4.78, 5) is 19.9. The summed E-state index contributed by atoms with van der Waals surface area (Å²) in [6.07, 6.45) is 2.58. The molecule has 1 aliphatic rings. The predicted molar refractivity (Wildman–Crippen MR) is 108 cm³/mol. The maximum absolute atomic E-state index is 13.4. The van der Waals surface area contributed by atoms with Gasteiger partial charge in [0.2, 0.25) is 0 Å². The molecule has 4 aromatic rings. The van der Waals surface area contributed by atoms with Crippen LogP contribution >= 0.6 is 0 Å². The number of carbonyl (C=O) groups excluding carboxylic acids is 1. The van der Waals surface area contributed by atoms with Crippen LogP contribution in [-0.2, 0) is 6.42 Å². The highest BCUT2D eigenvalue weighted by atomic mass is 16.2. The van der Waals surface area contributed by atoms with Gasteiger partial charge in [0.05, 0.1) is 17.9 Å². The van der Waals surface area contributed by atoms with Crippen molar-refractivity contribution in [3.8, 4) is 11.3 Å². The fourth-order valence-corrected chi connectivity index (χ4v) is 4.03. The standard InChI is InChI=1S/C23H20N4O/c1-16-19-10-6-5-7-17(19)12-14-26(16)23(28)20-15-21(18-8-3-2-4-9-18)27-22(25-20)11-13-24-27/h2-11,13,15-16H,12,14H2,1H3/t16-/m1/s1. The lowest BCUT2D eigenvalue weighted by molar-refractivity contribution is 0.0672. The lowest BCUT2D eigenvalue weighted by atomic mass is 9.93. The van der Waals surface area contributed by atoms with Crippen LogP contribution in [0.3, 0.4) is 0 Å². The summed E-state index contributed by atoms with van der Waals surface area (Å²) in [5.74, 6) is -0.0390. The second-order valence-electron chi connectivity index (χ2n) is 7.12. The van der Waals surface area contributed by atoms with Crippen LogP contribution in [0.5, 0.6) is 0 Å². The summed E-state index contributed by atoms with van der Waals surface area (Å²) in [7, 11) is 0. The number of nitrogens with zero attached hydrogens (tertiary/aromatic N) is 4. The summed E-state index contributed by atoms with van der Waals surface area (Å²) >= 11 is 0. The Bertz CT molecular complexity index is 1170. The summed E-state index contributed by atoms with van der Waals surface area (Å²) < 4.78 is 1.78. The van der Waals surface area contributed by atoms with Crippen LogP contribution < -0.4 is 0 Å². The molecule has 1 aliphatic heterocycles. The molecule has 0 fully saturated rings. The molecule has 1 atom stereocenters. The van der Waals surface area contributed by atoms with Crippen molar-refractivity contribution < 1.29 is 4.79 Å². The minimum absolute atomic E-state index is 0.0283. The molecule has 3 heterocycles. The second kappa shape index (κ2) is 6.60. The van der Waals surface area contributed by atoms with E-state index in [1.807, 2.05) is 53.4 Å². The third kappa shape index (κ3) is 2.67. The van der Waals surface area contributed by atoms with E-state index in [1.165, 1.54) is 11.1 Å². The Morgan fingerprint density at radius 2 is 1.82 bits per heavy atom. The van der Waals surface area contributed by atoms with E-state index >= 15 is 0 Å². The first kappa shape index (κ1) is 16.7. The van der Waals surface area contributed by atoms with Crippen molar-refractivity contribution in [2.75, 3.05) is 6.54 Å². The van der Waals surface area contributed by atoms with Crippen LogP contribution in [0, 0.1) is 0 Å². The first-order valence-electron chi connectivity index (χ1n) is 9.51. The molecule has 138 valence electrons. The van der Waals surface area contributed by atoms with Crippen LogP contribution in [0.4, 0.5) is 0 Å². The molecule has 28 heavy (non-hydrogen) atoms. The average Bonchev–Trinajstić information content (AvgIpc) is 3.22. The summed E-state index contributed by atoms with van der Waals surface area (Å²) in [5.41, 5.74) is 5.54. The third-order valence-electron chi connectivity index (χ3n) is 5.50. The molecular formula is C23H20N4O. The van der Waals surface area contributed by atoms with Crippen molar-refractivity contribution in [1.29, 1.82) is 0 Å². The van der Waals surface area contributed by atoms with Gasteiger partial charge in [-0.25, -0.2) is 9.50 Å². The highest BCUT2D eigenvalue weighted by molar-refractivity contribution is 5.94. The number of fused-ring (bicyclic) bond motifs is 2. The lowest BCUT2D eigenvalue weighted by Crippen LogP contribution is -2.39. The molecule has 0 N–H and O–H groups in total. The zero-order valence-corrected chi connectivity index (χ0v) is 15.6. The van der Waals surface area contributed by atoms with E-state index in [4.69, 9.17) is 0 Å². The Labute approximate surface area is 163 Å². The van der Waals surface area contributed by atoms with Crippen molar-refractivity contribution in [2.45, 2.75) is 19.4 Å². The Morgan fingerprint density at radius 3 is 2.68 bits per heavy atom. The molecule has 0 aliphatic carbocycles. The number of rotatable bonds is 2. The molecule has 5 heteroatoms. The monoisotopic (exact) mass is 368 g/mol. The summed E-state index contributed by atoms with van der Waals surface area (Å²) in [6, 6.07) is 22.0. The predicted octanol–water partition coefficient (Wildman–Crippen LogP) is 4.16. The largest absolute Gasteiger partial charge is 0.330 e. The lowest BCUT2D eigenvalue weighted by Gasteiger charge is -2.35. The van der Waals surface area contributed by atoms with Gasteiger partial charge < -0.3 is 4.90 Å². The second-order valence-corrected chi connectivity index (χ2v) is 7.12. The van der Waals surface area contributed by atoms with E-state index in [2.05, 4.69) is 35.2 Å². The van der Waals surface area contributed by atoms with Gasteiger partial charge in [0, 0.05) is 18.2 Å². The molecule has 0 saturated heterocycles. The van der Waals surface area contributed by atoms with Gasteiger partial charge in [0.1, 0.15) is 5.69 Å². The average molecular weight is 368 g/mol. The van der Waals surface area contributed by atoms with E-state index in [0.717, 1.165) is 17.7 Å². The van der Waals surface area contributed by atoms with Gasteiger partial charge in [-0.05, 0) is 30.5 Å². The number of amides is 1. The van der Waals surface area contributed by atoms with Crippen LogP contribution in [-0.4, -0.2) is 31.9 Å². The van der Waals surface area contributed by atoms with Crippen molar-refractivity contribution in [1.82, 2.24) is 19.5 Å². The maximum atomic E-state index is 13.4. The normalized spacial score (nSPS) is 16.2. The van der Waals surface area contributed by atoms with E-state index < -0.39 is 0 Å². The Hall–Kier alpha value is -3.47. The Kier molecular flexibility index (Phi) is 3.93. The highest BCUT2D eigenvalue weighted by Crippen LogP contribution is 2.31. The molecule has 0 unspecified atom stereocenters. The third-order valence-corrected chi connectivity index (χ3v) is 5.50. The molecule has 2 aromatic heterocycles. The molecule has 0 spiro atoms. The van der Waals surface area contributed by atoms with Gasteiger partial charge in [-0.1, -0.05) is 54.6 Å². The first-order valence-corrected chi connectivity index (χ1v) is 9.51. The minimum Gasteiger partial charge on any atom is -0.330 e. The van der Waals surface area contributed by atoms with E-state index in [9.17, 15) is 4.79 Å². The van der Waals surface area contributed by atoms with Crippen molar-refractivity contribution >= 4 is 11.6 Å². The summed E-state index contributed by atoms with van der Waals surface area (Å²) in [6.45, 7) is 2.79. The SMILES string of the molecule is C[C@@H]1c2ccccc2CCN1C(=O)c1cc(-c2ccccc2)n2nccc2n1. The highest BCUT2D eigenvalue weighted by Gasteiger charge is 2.29. The number of hydrogen-bond donors (Lipinski definition) is 0. The summed E-state index contributed by atoms with van der Waals surface area (Å²) in [5, 5.41) is 4.38. The van der Waals surface area contributed by atoms with E-state index in [-0.39, 0.29) is 11.9 Å². The fourth-order valence-electron chi connectivity index (χ4n) is 4.03. The zero-order chi connectivity index (χ0) is 19.1. The fraction of sp³-hybridized carbons (Fsp3) is 0.174. The minimum atomic E-state index is -0.0390. The molecule has 5 rings (SSSR count). The molecule has 0 radical (unpaired) electrons. The van der Waals surface area contributed by atoms with Crippen LogP contribution in [0.2, 0.25) is 0 Å². The van der Waals surface area contributed by atoms with Crippen molar-refractivity contribution in [3.63, 3.8) is 0 Å². The van der Waals surface area contributed by atoms with Gasteiger partial charge >= 0.3 is 0 Å². The first-order chi connectivity index (χ1) is 13.7. The smallest absolute Gasteiger partial charge is 0.273 e. The molecular weight excluding hydrogens is 348 g/mol. The van der Waals surface area contributed by atoms with Crippen LogP contribution in [0.1, 0.15) is 34.6 Å². The molecule has 0 bridgehead atoms. The van der Waals surface area contributed by atoms with Crippen molar-refractivity contribution in [3.05, 3.63) is 89.7 Å². The number of carbonyl (C=O) groups is 1. The maximum Gasteiger partial charge on any atom is 0.273 e. The Balaban J connectivity index is 1.57. The van der Waals surface area contributed by atoms with E-state index in [1.54, 1.807) is 10.7 Å². The van der Waals surface area contributed by atoms with Crippen molar-refractivity contribution in [2.24, 2.45) is 0 Å². The van der Waals surface area contributed by atoms with E-state index in [0.29, 0.717) is 17.9 Å². The zero-order valence-electron chi connectivity index (χ0n) is 15.6. The Morgan fingerprint density at radius 1 is 1.04 bits per heavy atom. The van der Waals surface area contributed by atoms with Gasteiger partial charge in [0.25, 0.3) is 5.91 Å². The number of aromatic nitrogens is 3. The number of hydrogen-bond acceptors (Lipinski definition) is 3. The molecule has 0 saturated carbocycles. The number of benzene rings is 2. The molecule has 1 amide bonds. The molecule has 2 aromatic carbocycles. The molecule has 5 nitrogen and oxygen atoms in total. The quantitative estimate of drug-likeness (QED) is 0.534. The van der Waals surface area contributed by atoms with Crippen LogP contribution in [0.25, 0.3) is 16.9 Å².